The van der Waals surface area contributed by atoms with E-state index < -0.39 is 0 Å². The van der Waals surface area contributed by atoms with Crippen LogP contribution in [0.5, 0.6) is 0 Å². The molecule has 146 valence electrons. The first-order chi connectivity index (χ1) is 13.4. The average Bonchev–Trinajstić information content (AvgIpc) is 2.98. The monoisotopic (exact) mass is 397 g/mol. The second kappa shape index (κ2) is 9.04. The summed E-state index contributed by atoms with van der Waals surface area (Å²) in [6.45, 7) is 4.65. The van der Waals surface area contributed by atoms with Crippen LogP contribution in [0.25, 0.3) is 0 Å². The number of nitrogens with one attached hydrogen (secondary N) is 1. The Balaban J connectivity index is 1.72. The van der Waals surface area contributed by atoms with E-state index in [2.05, 4.69) is 10.5 Å². The van der Waals surface area contributed by atoms with Gasteiger partial charge in [0, 0.05) is 17.1 Å². The Bertz CT molecular complexity index is 920. The van der Waals surface area contributed by atoms with Crippen molar-refractivity contribution in [3.05, 3.63) is 87.8 Å². The molecule has 28 heavy (non-hydrogen) atoms. The third-order valence-electron chi connectivity index (χ3n) is 4.64. The minimum Gasteiger partial charge on any atom is -0.361 e. The first-order valence-electron chi connectivity index (χ1n) is 9.14. The molecule has 0 fully saturated rings. The van der Waals surface area contributed by atoms with Crippen molar-refractivity contribution >= 4 is 17.5 Å². The molecule has 1 N–H and O–H groups in total. The predicted octanol–water partition coefficient (Wildman–Crippen LogP) is 4.28. The lowest BCUT2D eigenvalue weighted by atomic mass is 9.98. The first-order valence-corrected chi connectivity index (χ1v) is 9.52. The lowest BCUT2D eigenvalue weighted by Crippen LogP contribution is -2.37. The summed E-state index contributed by atoms with van der Waals surface area (Å²) in [4.78, 5) is 14.7. The number of rotatable bonds is 7. The average molecular weight is 398 g/mol. The number of nitrogens with zero attached hydrogens (tertiary/aromatic N) is 2. The van der Waals surface area contributed by atoms with Gasteiger partial charge in [0.25, 0.3) is 0 Å². The van der Waals surface area contributed by atoms with Crippen molar-refractivity contribution in [3.8, 4) is 0 Å². The van der Waals surface area contributed by atoms with Crippen LogP contribution in [0.2, 0.25) is 5.02 Å². The number of carbonyl (C=O) groups excluding carboxylic acids is 1. The molecule has 0 radical (unpaired) electrons. The van der Waals surface area contributed by atoms with Crippen molar-refractivity contribution in [3.63, 3.8) is 0 Å². The number of halogens is 1. The van der Waals surface area contributed by atoms with Crippen molar-refractivity contribution in [2.24, 2.45) is 0 Å². The SMILES string of the molecule is Cc1noc(C)c1CN(C)CC(=O)NC(c1ccccc1)c1cccc(Cl)c1. The fourth-order valence-electron chi connectivity index (χ4n) is 3.20. The minimum atomic E-state index is -0.264. The van der Waals surface area contributed by atoms with Gasteiger partial charge in [-0.1, -0.05) is 59.2 Å². The van der Waals surface area contributed by atoms with Gasteiger partial charge in [-0.3, -0.25) is 9.69 Å². The molecule has 0 spiro atoms. The molecule has 1 amide bonds. The summed E-state index contributed by atoms with van der Waals surface area (Å²) in [6.07, 6.45) is 0. The molecular formula is C22H24ClN3O2. The molecule has 0 aliphatic carbocycles. The van der Waals surface area contributed by atoms with Gasteiger partial charge < -0.3 is 9.84 Å². The van der Waals surface area contributed by atoms with E-state index in [1.54, 1.807) is 0 Å². The molecule has 0 bridgehead atoms. The summed E-state index contributed by atoms with van der Waals surface area (Å²) in [5.74, 6) is 0.717. The van der Waals surface area contributed by atoms with Crippen molar-refractivity contribution in [2.75, 3.05) is 13.6 Å². The Labute approximate surface area is 170 Å². The summed E-state index contributed by atoms with van der Waals surface area (Å²) >= 11 is 6.17. The van der Waals surface area contributed by atoms with Gasteiger partial charge in [-0.2, -0.15) is 0 Å². The van der Waals surface area contributed by atoms with Gasteiger partial charge in [-0.25, -0.2) is 0 Å². The summed E-state index contributed by atoms with van der Waals surface area (Å²) in [5, 5.41) is 7.75. The van der Waals surface area contributed by atoms with Crippen LogP contribution < -0.4 is 5.32 Å². The number of hydrogen-bond acceptors (Lipinski definition) is 4. The van der Waals surface area contributed by atoms with E-state index in [0.29, 0.717) is 11.6 Å². The zero-order valence-electron chi connectivity index (χ0n) is 16.3. The zero-order chi connectivity index (χ0) is 20.1. The van der Waals surface area contributed by atoms with Gasteiger partial charge in [0.15, 0.2) is 0 Å². The molecule has 0 saturated heterocycles. The number of amides is 1. The van der Waals surface area contributed by atoms with E-state index in [4.69, 9.17) is 16.1 Å². The summed E-state index contributed by atoms with van der Waals surface area (Å²) in [6, 6.07) is 17.2. The van der Waals surface area contributed by atoms with Gasteiger partial charge in [-0.15, -0.1) is 0 Å². The second-order valence-corrected chi connectivity index (χ2v) is 7.38. The molecule has 0 aliphatic heterocycles. The maximum Gasteiger partial charge on any atom is 0.234 e. The third kappa shape index (κ3) is 5.00. The van der Waals surface area contributed by atoms with Crippen LogP contribution in [0.3, 0.4) is 0 Å². The lowest BCUT2D eigenvalue weighted by molar-refractivity contribution is -0.122. The molecule has 3 aromatic rings. The molecule has 0 saturated carbocycles. The maximum absolute atomic E-state index is 12.8. The standard InChI is InChI=1S/C22H24ClN3O2/c1-15-20(16(2)28-25-15)13-26(3)14-21(27)24-22(17-8-5-4-6-9-17)18-10-7-11-19(23)12-18/h4-12,22H,13-14H2,1-3H3,(H,24,27). The molecule has 0 aliphatic rings. The van der Waals surface area contributed by atoms with E-state index in [9.17, 15) is 4.79 Å². The van der Waals surface area contributed by atoms with Crippen LogP contribution in [-0.4, -0.2) is 29.6 Å². The van der Waals surface area contributed by atoms with E-state index in [1.807, 2.05) is 80.4 Å². The van der Waals surface area contributed by atoms with E-state index in [0.717, 1.165) is 28.1 Å². The van der Waals surface area contributed by atoms with Gasteiger partial charge in [0.2, 0.25) is 5.91 Å². The molecule has 6 heteroatoms. The van der Waals surface area contributed by atoms with Crippen LogP contribution >= 0.6 is 11.6 Å². The number of aryl methyl sites for hydroxylation is 2. The highest BCUT2D eigenvalue weighted by Crippen LogP contribution is 2.24. The number of carbonyl (C=O) groups is 1. The first kappa shape index (κ1) is 20.1. The zero-order valence-corrected chi connectivity index (χ0v) is 17.0. The van der Waals surface area contributed by atoms with Crippen molar-refractivity contribution in [1.29, 1.82) is 0 Å². The van der Waals surface area contributed by atoms with Crippen molar-refractivity contribution in [2.45, 2.75) is 26.4 Å². The fourth-order valence-corrected chi connectivity index (χ4v) is 3.39. The Hall–Kier alpha value is -2.63. The minimum absolute atomic E-state index is 0.0666. The van der Waals surface area contributed by atoms with Crippen LogP contribution in [0, 0.1) is 13.8 Å². The molecule has 1 atom stereocenters. The van der Waals surface area contributed by atoms with E-state index in [1.165, 1.54) is 0 Å². The van der Waals surface area contributed by atoms with Crippen LogP contribution in [0.1, 0.15) is 34.2 Å². The Morgan fingerprint density at radius 2 is 1.86 bits per heavy atom. The van der Waals surface area contributed by atoms with Crippen LogP contribution in [0.15, 0.2) is 59.1 Å². The Morgan fingerprint density at radius 3 is 2.50 bits per heavy atom. The van der Waals surface area contributed by atoms with Gasteiger partial charge in [0.1, 0.15) is 5.76 Å². The number of hydrogen-bond donors (Lipinski definition) is 1. The summed E-state index contributed by atoms with van der Waals surface area (Å²) in [7, 11) is 1.91. The van der Waals surface area contributed by atoms with Crippen molar-refractivity contribution < 1.29 is 9.32 Å². The second-order valence-electron chi connectivity index (χ2n) is 6.94. The molecule has 1 aromatic heterocycles. The molecule has 1 heterocycles. The highest BCUT2D eigenvalue weighted by molar-refractivity contribution is 6.30. The molecule has 2 aromatic carbocycles. The summed E-state index contributed by atoms with van der Waals surface area (Å²) < 4.78 is 5.20. The third-order valence-corrected chi connectivity index (χ3v) is 4.88. The molecular weight excluding hydrogens is 374 g/mol. The number of aromatic nitrogens is 1. The topological polar surface area (TPSA) is 58.4 Å². The van der Waals surface area contributed by atoms with E-state index in [-0.39, 0.29) is 18.5 Å². The van der Waals surface area contributed by atoms with Gasteiger partial charge in [-0.05, 0) is 44.2 Å². The largest absolute Gasteiger partial charge is 0.361 e. The van der Waals surface area contributed by atoms with Crippen LogP contribution in [-0.2, 0) is 11.3 Å². The molecule has 1 unspecified atom stereocenters. The van der Waals surface area contributed by atoms with Crippen LogP contribution in [0.4, 0.5) is 0 Å². The highest BCUT2D eigenvalue weighted by atomic mass is 35.5. The quantitative estimate of drug-likeness (QED) is 0.646. The predicted molar refractivity (Wildman–Crippen MR) is 110 cm³/mol. The lowest BCUT2D eigenvalue weighted by Gasteiger charge is -2.22. The fraction of sp³-hybridized carbons (Fsp3) is 0.273. The maximum atomic E-state index is 12.8. The molecule has 5 nitrogen and oxygen atoms in total. The van der Waals surface area contributed by atoms with E-state index >= 15 is 0 Å². The summed E-state index contributed by atoms with van der Waals surface area (Å²) in [5.41, 5.74) is 3.82. The normalized spacial score (nSPS) is 12.2. The number of benzene rings is 2. The smallest absolute Gasteiger partial charge is 0.234 e. The van der Waals surface area contributed by atoms with Gasteiger partial charge in [0.05, 0.1) is 18.3 Å². The Morgan fingerprint density at radius 1 is 1.14 bits per heavy atom. The Kier molecular flexibility index (Phi) is 6.49. The van der Waals surface area contributed by atoms with Crippen molar-refractivity contribution in [1.82, 2.24) is 15.4 Å². The highest BCUT2D eigenvalue weighted by Gasteiger charge is 2.19. The van der Waals surface area contributed by atoms with Gasteiger partial charge >= 0.3 is 0 Å². The number of likely N-dealkylation sites (N-methyl/N-ethyl adjacent to an activating group) is 1. The molecule has 3 rings (SSSR count).